The minimum Gasteiger partial charge on any atom is -0.347 e. The number of nitrogens with one attached hydrogen (secondary N) is 4. The van der Waals surface area contributed by atoms with Gasteiger partial charge in [0.15, 0.2) is 0 Å². The fourth-order valence-electron chi connectivity index (χ4n) is 3.30. The van der Waals surface area contributed by atoms with E-state index in [-0.39, 0.29) is 6.54 Å². The maximum absolute atomic E-state index is 13.1. The molecule has 0 spiro atoms. The summed E-state index contributed by atoms with van der Waals surface area (Å²) in [5.41, 5.74) is 0.446. The Morgan fingerprint density at radius 3 is 2.32 bits per heavy atom. The third-order valence-corrected chi connectivity index (χ3v) is 5.07. The lowest BCUT2D eigenvalue weighted by atomic mass is 9.93. The van der Waals surface area contributed by atoms with E-state index in [0.29, 0.717) is 28.1 Å². The molecule has 0 bridgehead atoms. The first-order valence-corrected chi connectivity index (χ1v) is 10.3. The number of H-pyrrole nitrogens is 1. The molecule has 2 amide bonds. The van der Waals surface area contributed by atoms with Crippen LogP contribution in [0.5, 0.6) is 0 Å². The summed E-state index contributed by atoms with van der Waals surface area (Å²) in [6, 6.07) is 9.38. The summed E-state index contributed by atoms with van der Waals surface area (Å²) in [7, 11) is 0. The molecule has 0 unspecified atom stereocenters. The summed E-state index contributed by atoms with van der Waals surface area (Å²) in [6.45, 7) is 2.89. The van der Waals surface area contributed by atoms with Gasteiger partial charge in [0, 0.05) is 13.1 Å². The average molecular weight is 487 g/mol. The van der Waals surface area contributed by atoms with Gasteiger partial charge in [-0.05, 0) is 43.2 Å². The van der Waals surface area contributed by atoms with Gasteiger partial charge in [-0.3, -0.25) is 0 Å². The van der Waals surface area contributed by atoms with Crippen molar-refractivity contribution in [1.29, 1.82) is 0 Å². The molecule has 0 atom stereocenters. The van der Waals surface area contributed by atoms with E-state index in [2.05, 4.69) is 25.9 Å². The molecule has 0 radical (unpaired) electrons. The number of halogens is 6. The van der Waals surface area contributed by atoms with E-state index in [1.54, 1.807) is 38.1 Å². The van der Waals surface area contributed by atoms with E-state index >= 15 is 0 Å². The highest BCUT2D eigenvalue weighted by molar-refractivity contribution is 5.82. The molecule has 3 rings (SSSR count). The van der Waals surface area contributed by atoms with Crippen molar-refractivity contribution < 1.29 is 31.1 Å². The third-order valence-electron chi connectivity index (χ3n) is 5.07. The van der Waals surface area contributed by atoms with Crippen molar-refractivity contribution in [3.05, 3.63) is 59.2 Å². The second kappa shape index (κ2) is 9.43. The standard InChI is InChI=1S/C22H23F6N5O/c1-20(2,14-6-4-7-15(11-14)22(26,27)28)33-18-31-16-8-3-5-13(17(16)32-18)12-30-19(34)29-10-9-21(23,24)25/h3-8,11H,9-10,12H2,1-2H3,(H2,29,30,34)(H2,31,32,33). The summed E-state index contributed by atoms with van der Waals surface area (Å²) in [6.07, 6.45) is -9.96. The van der Waals surface area contributed by atoms with Gasteiger partial charge in [0.2, 0.25) is 5.95 Å². The minimum atomic E-state index is -4.47. The van der Waals surface area contributed by atoms with Crippen molar-refractivity contribution in [2.45, 2.75) is 44.7 Å². The summed E-state index contributed by atoms with van der Waals surface area (Å²) in [5, 5.41) is 7.72. The van der Waals surface area contributed by atoms with E-state index in [4.69, 9.17) is 0 Å². The zero-order valence-corrected chi connectivity index (χ0v) is 18.3. The Kier molecular flexibility index (Phi) is 6.99. The number of hydrogen-bond donors (Lipinski definition) is 4. The zero-order chi connectivity index (χ0) is 25.1. The average Bonchev–Trinajstić information content (AvgIpc) is 3.13. The number of para-hydroxylation sites is 1. The molecule has 1 aromatic heterocycles. The number of alkyl halides is 6. The number of aromatic amines is 1. The Labute approximate surface area is 191 Å². The number of anilines is 1. The summed E-state index contributed by atoms with van der Waals surface area (Å²) < 4.78 is 75.9. The molecule has 34 heavy (non-hydrogen) atoms. The number of rotatable bonds is 7. The van der Waals surface area contributed by atoms with Gasteiger partial charge in [-0.25, -0.2) is 9.78 Å². The van der Waals surface area contributed by atoms with E-state index in [1.165, 1.54) is 6.07 Å². The molecule has 1 heterocycles. The molecule has 184 valence electrons. The van der Waals surface area contributed by atoms with Gasteiger partial charge < -0.3 is 20.9 Å². The number of carbonyl (C=O) groups is 1. The van der Waals surface area contributed by atoms with Crippen LogP contribution in [0.1, 0.15) is 37.0 Å². The fourth-order valence-corrected chi connectivity index (χ4v) is 3.30. The molecule has 0 aliphatic heterocycles. The zero-order valence-electron chi connectivity index (χ0n) is 18.3. The van der Waals surface area contributed by atoms with Crippen molar-refractivity contribution in [3.63, 3.8) is 0 Å². The largest absolute Gasteiger partial charge is 0.416 e. The van der Waals surface area contributed by atoms with Crippen LogP contribution in [0.25, 0.3) is 11.0 Å². The summed E-state index contributed by atoms with van der Waals surface area (Å²) in [4.78, 5) is 19.3. The Balaban J connectivity index is 1.71. The normalized spacial score (nSPS) is 12.6. The third kappa shape index (κ3) is 6.55. The number of aromatic nitrogens is 2. The lowest BCUT2D eigenvalue weighted by Crippen LogP contribution is -2.36. The van der Waals surface area contributed by atoms with Crippen molar-refractivity contribution in [1.82, 2.24) is 20.6 Å². The second-order valence-corrected chi connectivity index (χ2v) is 8.20. The van der Waals surface area contributed by atoms with Gasteiger partial charge in [0.05, 0.1) is 28.6 Å². The maximum Gasteiger partial charge on any atom is 0.416 e. The summed E-state index contributed by atoms with van der Waals surface area (Å²) >= 11 is 0. The van der Waals surface area contributed by atoms with Gasteiger partial charge in [-0.1, -0.05) is 24.3 Å². The Hall–Kier alpha value is -3.44. The van der Waals surface area contributed by atoms with Crippen LogP contribution >= 0.6 is 0 Å². The number of fused-ring (bicyclic) bond motifs is 1. The second-order valence-electron chi connectivity index (χ2n) is 8.20. The molecule has 0 aliphatic rings. The molecular formula is C22H23F6N5O. The number of carbonyl (C=O) groups excluding carboxylic acids is 1. The van der Waals surface area contributed by atoms with Gasteiger partial charge in [0.25, 0.3) is 0 Å². The summed E-state index contributed by atoms with van der Waals surface area (Å²) in [5.74, 6) is 0.305. The van der Waals surface area contributed by atoms with Crippen LogP contribution in [0.15, 0.2) is 42.5 Å². The Morgan fingerprint density at radius 1 is 0.971 bits per heavy atom. The Morgan fingerprint density at radius 2 is 1.65 bits per heavy atom. The van der Waals surface area contributed by atoms with E-state index in [9.17, 15) is 31.1 Å². The van der Waals surface area contributed by atoms with Crippen molar-refractivity contribution in [2.24, 2.45) is 0 Å². The topological polar surface area (TPSA) is 81.8 Å². The van der Waals surface area contributed by atoms with Crippen LogP contribution in [0.3, 0.4) is 0 Å². The number of urea groups is 1. The van der Waals surface area contributed by atoms with Crippen molar-refractivity contribution >= 4 is 23.0 Å². The lowest BCUT2D eigenvalue weighted by Gasteiger charge is -2.27. The monoisotopic (exact) mass is 487 g/mol. The minimum absolute atomic E-state index is 0.0104. The van der Waals surface area contributed by atoms with Gasteiger partial charge in [-0.2, -0.15) is 26.3 Å². The molecular weight excluding hydrogens is 464 g/mol. The number of imidazole rings is 1. The number of hydrogen-bond acceptors (Lipinski definition) is 3. The molecule has 0 saturated carbocycles. The Bertz CT molecular complexity index is 1150. The first-order chi connectivity index (χ1) is 15.7. The van der Waals surface area contributed by atoms with Crippen LogP contribution in [0, 0.1) is 0 Å². The fraction of sp³-hybridized carbons (Fsp3) is 0.364. The van der Waals surface area contributed by atoms with Crippen LogP contribution in [0.4, 0.5) is 37.1 Å². The number of amides is 2. The first-order valence-electron chi connectivity index (χ1n) is 10.3. The molecule has 2 aromatic carbocycles. The molecule has 12 heteroatoms. The molecule has 3 aromatic rings. The number of nitrogens with zero attached hydrogens (tertiary/aromatic N) is 1. The van der Waals surface area contributed by atoms with Gasteiger partial charge in [-0.15, -0.1) is 0 Å². The van der Waals surface area contributed by atoms with Crippen LogP contribution in [-0.2, 0) is 18.3 Å². The highest BCUT2D eigenvalue weighted by atomic mass is 19.4. The molecule has 4 N–H and O–H groups in total. The molecule has 0 fully saturated rings. The van der Waals surface area contributed by atoms with Crippen LogP contribution in [0.2, 0.25) is 0 Å². The van der Waals surface area contributed by atoms with Gasteiger partial charge >= 0.3 is 18.4 Å². The van der Waals surface area contributed by atoms with E-state index in [1.807, 2.05) is 0 Å². The van der Waals surface area contributed by atoms with Crippen molar-refractivity contribution in [2.75, 3.05) is 11.9 Å². The van der Waals surface area contributed by atoms with Crippen LogP contribution in [-0.4, -0.2) is 28.7 Å². The highest BCUT2D eigenvalue weighted by Gasteiger charge is 2.32. The maximum atomic E-state index is 13.1. The molecule has 6 nitrogen and oxygen atoms in total. The lowest BCUT2D eigenvalue weighted by molar-refractivity contribution is -0.137. The predicted molar refractivity (Wildman–Crippen MR) is 115 cm³/mol. The van der Waals surface area contributed by atoms with Crippen LogP contribution < -0.4 is 16.0 Å². The SMILES string of the molecule is CC(C)(Nc1nc2c(CNC(=O)NCCC(F)(F)F)cccc2[nH]1)c1cccc(C(F)(F)F)c1. The molecule has 0 aliphatic carbocycles. The first kappa shape index (κ1) is 25.2. The smallest absolute Gasteiger partial charge is 0.347 e. The highest BCUT2D eigenvalue weighted by Crippen LogP contribution is 2.33. The quantitative estimate of drug-likeness (QED) is 0.324. The predicted octanol–water partition coefficient (Wildman–Crippen LogP) is 5.68. The van der Waals surface area contributed by atoms with Gasteiger partial charge in [0.1, 0.15) is 0 Å². The van der Waals surface area contributed by atoms with Crippen molar-refractivity contribution in [3.8, 4) is 0 Å². The number of benzene rings is 2. The molecule has 0 saturated heterocycles. The van der Waals surface area contributed by atoms with E-state index in [0.717, 1.165) is 12.1 Å². The van der Waals surface area contributed by atoms with E-state index < -0.39 is 42.5 Å².